The number of carbonyl (C=O) groups is 1. The first kappa shape index (κ1) is 12.0. The van der Waals surface area contributed by atoms with Crippen LogP contribution in [0.25, 0.3) is 10.9 Å². The number of benzene rings is 1. The predicted octanol–water partition coefficient (Wildman–Crippen LogP) is 1.88. The number of hydrogen-bond acceptors (Lipinski definition) is 2. The van der Waals surface area contributed by atoms with Gasteiger partial charge in [-0.05, 0) is 31.0 Å². The summed E-state index contributed by atoms with van der Waals surface area (Å²) in [6.07, 6.45) is 4.03. The van der Waals surface area contributed by atoms with E-state index in [9.17, 15) is 4.79 Å². The fraction of sp³-hybridized carbons (Fsp3) is 0.438. The van der Waals surface area contributed by atoms with Gasteiger partial charge in [0, 0.05) is 36.7 Å². The van der Waals surface area contributed by atoms with Crippen LogP contribution in [0.15, 0.2) is 30.5 Å². The van der Waals surface area contributed by atoms with Gasteiger partial charge in [0.1, 0.15) is 0 Å². The van der Waals surface area contributed by atoms with E-state index < -0.39 is 0 Å². The molecule has 1 aromatic carbocycles. The molecule has 0 radical (unpaired) electrons. The van der Waals surface area contributed by atoms with E-state index in [1.54, 1.807) is 0 Å². The molecule has 4 heteroatoms. The van der Waals surface area contributed by atoms with E-state index in [-0.39, 0.29) is 5.41 Å². The SMILES string of the molecule is O=C1N(Cc2c[nH]c3ccccc23)CCC12CCNC2. The van der Waals surface area contributed by atoms with Gasteiger partial charge in [0.2, 0.25) is 5.91 Å². The Labute approximate surface area is 118 Å². The largest absolute Gasteiger partial charge is 0.361 e. The van der Waals surface area contributed by atoms with Crippen LogP contribution in [0.4, 0.5) is 0 Å². The van der Waals surface area contributed by atoms with Crippen molar-refractivity contribution in [2.75, 3.05) is 19.6 Å². The van der Waals surface area contributed by atoms with Gasteiger partial charge in [-0.3, -0.25) is 4.79 Å². The number of aromatic amines is 1. The summed E-state index contributed by atoms with van der Waals surface area (Å²) < 4.78 is 0. The van der Waals surface area contributed by atoms with Gasteiger partial charge in [0.05, 0.1) is 5.41 Å². The molecule has 4 rings (SSSR count). The molecule has 2 N–H and O–H groups in total. The summed E-state index contributed by atoms with van der Waals surface area (Å²) in [5.74, 6) is 0.341. The summed E-state index contributed by atoms with van der Waals surface area (Å²) in [5.41, 5.74) is 2.26. The number of carbonyl (C=O) groups excluding carboxylic acids is 1. The fourth-order valence-electron chi connectivity index (χ4n) is 3.65. The number of H-pyrrole nitrogens is 1. The van der Waals surface area contributed by atoms with E-state index in [4.69, 9.17) is 0 Å². The molecule has 4 nitrogen and oxygen atoms in total. The Morgan fingerprint density at radius 2 is 2.15 bits per heavy atom. The monoisotopic (exact) mass is 269 g/mol. The molecule has 2 fully saturated rings. The summed E-state index contributed by atoms with van der Waals surface area (Å²) in [6.45, 7) is 3.45. The lowest BCUT2D eigenvalue weighted by molar-refractivity contribution is -0.135. The van der Waals surface area contributed by atoms with Gasteiger partial charge in [-0.25, -0.2) is 0 Å². The van der Waals surface area contributed by atoms with E-state index in [2.05, 4.69) is 22.4 Å². The van der Waals surface area contributed by atoms with Gasteiger partial charge in [-0.1, -0.05) is 18.2 Å². The highest BCUT2D eigenvalue weighted by molar-refractivity contribution is 5.87. The van der Waals surface area contributed by atoms with Gasteiger partial charge in [0.15, 0.2) is 0 Å². The lowest BCUT2D eigenvalue weighted by Gasteiger charge is -2.21. The number of nitrogens with zero attached hydrogens (tertiary/aromatic N) is 1. The standard InChI is InChI=1S/C16H19N3O/c20-15-16(5-7-17-11-16)6-8-19(15)10-12-9-18-14-4-2-1-3-13(12)14/h1-4,9,17-18H,5-8,10-11H2. The van der Waals surface area contributed by atoms with Crippen molar-refractivity contribution >= 4 is 16.8 Å². The van der Waals surface area contributed by atoms with Crippen LogP contribution in [0.1, 0.15) is 18.4 Å². The number of rotatable bonds is 2. The number of fused-ring (bicyclic) bond motifs is 1. The molecule has 0 bridgehead atoms. The van der Waals surface area contributed by atoms with Crippen LogP contribution in [0.5, 0.6) is 0 Å². The summed E-state index contributed by atoms with van der Waals surface area (Å²) in [7, 11) is 0. The number of para-hydroxylation sites is 1. The quantitative estimate of drug-likeness (QED) is 0.874. The molecule has 20 heavy (non-hydrogen) atoms. The fourth-order valence-corrected chi connectivity index (χ4v) is 3.65. The molecule has 2 aliphatic rings. The van der Waals surface area contributed by atoms with Crippen LogP contribution in [0.3, 0.4) is 0 Å². The minimum absolute atomic E-state index is 0.105. The number of nitrogens with one attached hydrogen (secondary N) is 2. The molecule has 1 unspecified atom stereocenters. The van der Waals surface area contributed by atoms with Gasteiger partial charge >= 0.3 is 0 Å². The first-order valence-electron chi connectivity index (χ1n) is 7.34. The van der Waals surface area contributed by atoms with Crippen molar-refractivity contribution in [1.82, 2.24) is 15.2 Å². The van der Waals surface area contributed by atoms with Gasteiger partial charge in [0.25, 0.3) is 0 Å². The minimum Gasteiger partial charge on any atom is -0.361 e. The van der Waals surface area contributed by atoms with E-state index in [1.807, 2.05) is 23.2 Å². The topological polar surface area (TPSA) is 48.1 Å². The van der Waals surface area contributed by atoms with Crippen LogP contribution in [-0.2, 0) is 11.3 Å². The highest BCUT2D eigenvalue weighted by Crippen LogP contribution is 2.38. The Bertz CT molecular complexity index is 655. The van der Waals surface area contributed by atoms with Gasteiger partial charge in [-0.2, -0.15) is 0 Å². The third-order valence-electron chi connectivity index (χ3n) is 4.88. The average Bonchev–Trinajstić information content (AvgIpc) is 3.17. The molecular formula is C16H19N3O. The molecule has 1 spiro atoms. The average molecular weight is 269 g/mol. The summed E-state index contributed by atoms with van der Waals surface area (Å²) in [5, 5.41) is 4.57. The molecular weight excluding hydrogens is 250 g/mol. The Balaban J connectivity index is 1.59. The highest BCUT2D eigenvalue weighted by Gasteiger charge is 2.48. The molecule has 2 saturated heterocycles. The third-order valence-corrected chi connectivity index (χ3v) is 4.88. The van der Waals surface area contributed by atoms with E-state index in [1.165, 1.54) is 10.9 Å². The second kappa shape index (κ2) is 4.35. The van der Waals surface area contributed by atoms with Crippen molar-refractivity contribution < 1.29 is 4.79 Å². The molecule has 104 valence electrons. The van der Waals surface area contributed by atoms with Crippen LogP contribution in [0, 0.1) is 5.41 Å². The van der Waals surface area contributed by atoms with Crippen molar-refractivity contribution in [2.24, 2.45) is 5.41 Å². The van der Waals surface area contributed by atoms with Gasteiger partial charge in [-0.15, -0.1) is 0 Å². The third kappa shape index (κ3) is 1.68. The molecule has 1 amide bonds. The van der Waals surface area contributed by atoms with Crippen molar-refractivity contribution in [3.05, 3.63) is 36.0 Å². The van der Waals surface area contributed by atoms with Crippen molar-refractivity contribution in [3.8, 4) is 0 Å². The zero-order chi connectivity index (χ0) is 13.6. The van der Waals surface area contributed by atoms with Gasteiger partial charge < -0.3 is 15.2 Å². The zero-order valence-electron chi connectivity index (χ0n) is 11.5. The van der Waals surface area contributed by atoms with Crippen molar-refractivity contribution in [2.45, 2.75) is 19.4 Å². The molecule has 0 aliphatic carbocycles. The van der Waals surface area contributed by atoms with Crippen LogP contribution in [-0.4, -0.2) is 35.4 Å². The summed E-state index contributed by atoms with van der Waals surface area (Å²) in [6, 6.07) is 8.28. The van der Waals surface area contributed by atoms with Crippen molar-refractivity contribution in [3.63, 3.8) is 0 Å². The van der Waals surface area contributed by atoms with Crippen LogP contribution in [0.2, 0.25) is 0 Å². The Morgan fingerprint density at radius 1 is 1.25 bits per heavy atom. The lowest BCUT2D eigenvalue weighted by atomic mass is 9.86. The predicted molar refractivity (Wildman–Crippen MR) is 78.3 cm³/mol. The minimum atomic E-state index is -0.105. The maximum absolute atomic E-state index is 12.7. The maximum atomic E-state index is 12.7. The first-order chi connectivity index (χ1) is 9.78. The van der Waals surface area contributed by atoms with Crippen molar-refractivity contribution in [1.29, 1.82) is 0 Å². The summed E-state index contributed by atoms with van der Waals surface area (Å²) >= 11 is 0. The Kier molecular flexibility index (Phi) is 2.60. The number of likely N-dealkylation sites (tertiary alicyclic amines) is 1. The second-order valence-corrected chi connectivity index (χ2v) is 6.04. The summed E-state index contributed by atoms with van der Waals surface area (Å²) in [4.78, 5) is 18.0. The zero-order valence-corrected chi connectivity index (χ0v) is 11.5. The molecule has 1 aromatic heterocycles. The highest BCUT2D eigenvalue weighted by atomic mass is 16.2. The molecule has 2 aliphatic heterocycles. The van der Waals surface area contributed by atoms with E-state index in [0.717, 1.165) is 44.5 Å². The number of hydrogen-bond donors (Lipinski definition) is 2. The lowest BCUT2D eigenvalue weighted by Crippen LogP contribution is -2.35. The molecule has 0 saturated carbocycles. The molecule has 1 atom stereocenters. The Morgan fingerprint density at radius 3 is 3.00 bits per heavy atom. The number of aromatic nitrogens is 1. The maximum Gasteiger partial charge on any atom is 0.230 e. The first-order valence-corrected chi connectivity index (χ1v) is 7.34. The molecule has 3 heterocycles. The number of amides is 1. The van der Waals surface area contributed by atoms with E-state index >= 15 is 0 Å². The van der Waals surface area contributed by atoms with Crippen LogP contribution < -0.4 is 5.32 Å². The van der Waals surface area contributed by atoms with Crippen LogP contribution >= 0.6 is 0 Å². The molecule has 2 aromatic rings. The smallest absolute Gasteiger partial charge is 0.230 e. The van der Waals surface area contributed by atoms with E-state index in [0.29, 0.717) is 5.91 Å². The Hall–Kier alpha value is -1.81. The normalized spacial score (nSPS) is 26.2. The second-order valence-electron chi connectivity index (χ2n) is 6.04.